The van der Waals surface area contributed by atoms with E-state index in [-0.39, 0.29) is 17.0 Å². The number of benzene rings is 1. The van der Waals surface area contributed by atoms with Gasteiger partial charge in [-0.25, -0.2) is 0 Å². The average Bonchev–Trinajstić information content (AvgIpc) is 3.57. The number of aromatic amines is 2. The fourth-order valence-electron chi connectivity index (χ4n) is 6.20. The Labute approximate surface area is 200 Å². The number of thiophene rings is 1. The van der Waals surface area contributed by atoms with Gasteiger partial charge in [0.25, 0.3) is 5.56 Å². The summed E-state index contributed by atoms with van der Waals surface area (Å²) in [6.07, 6.45) is 7.18. The molecule has 1 fully saturated rings. The van der Waals surface area contributed by atoms with Crippen LogP contribution in [0.2, 0.25) is 0 Å². The molecule has 7 nitrogen and oxygen atoms in total. The molecule has 172 valence electrons. The molecule has 4 N–H and O–H groups in total. The minimum Gasteiger partial charge on any atom is -0.342 e. The van der Waals surface area contributed by atoms with Gasteiger partial charge >= 0.3 is 0 Å². The van der Waals surface area contributed by atoms with E-state index in [1.165, 1.54) is 21.6 Å². The van der Waals surface area contributed by atoms with Crippen LogP contribution in [0.25, 0.3) is 16.6 Å². The Hall–Kier alpha value is -3.23. The van der Waals surface area contributed by atoms with Crippen molar-refractivity contribution in [1.29, 1.82) is 0 Å². The van der Waals surface area contributed by atoms with E-state index in [0.717, 1.165) is 50.8 Å². The van der Waals surface area contributed by atoms with Crippen molar-refractivity contribution < 1.29 is 0 Å². The lowest BCUT2D eigenvalue weighted by Gasteiger charge is -2.42. The van der Waals surface area contributed by atoms with Gasteiger partial charge in [0.1, 0.15) is 11.1 Å². The van der Waals surface area contributed by atoms with E-state index >= 15 is 0 Å². The molecule has 1 atom stereocenters. The maximum atomic E-state index is 13.2. The van der Waals surface area contributed by atoms with Crippen molar-refractivity contribution in [3.8, 4) is 0 Å². The lowest BCUT2D eigenvalue weighted by atomic mass is 9.73. The highest BCUT2D eigenvalue weighted by atomic mass is 32.1. The number of aromatic nitrogens is 4. The van der Waals surface area contributed by atoms with Crippen molar-refractivity contribution in [2.75, 3.05) is 18.0 Å². The molecule has 34 heavy (non-hydrogen) atoms. The van der Waals surface area contributed by atoms with Crippen LogP contribution in [0, 0.1) is 5.41 Å². The number of piperidine rings is 1. The van der Waals surface area contributed by atoms with E-state index in [0.29, 0.717) is 22.7 Å². The van der Waals surface area contributed by atoms with E-state index in [9.17, 15) is 4.79 Å². The lowest BCUT2D eigenvalue weighted by Crippen LogP contribution is -2.45. The first-order valence-corrected chi connectivity index (χ1v) is 12.8. The van der Waals surface area contributed by atoms with Crippen LogP contribution in [0.4, 0.5) is 5.95 Å². The molecule has 1 aliphatic heterocycles. The van der Waals surface area contributed by atoms with Gasteiger partial charge in [0.05, 0.1) is 0 Å². The Morgan fingerprint density at radius 1 is 1.18 bits per heavy atom. The molecule has 0 saturated carbocycles. The zero-order valence-electron chi connectivity index (χ0n) is 18.8. The number of rotatable bonds is 2. The summed E-state index contributed by atoms with van der Waals surface area (Å²) in [6.45, 7) is 1.64. The third-order valence-electron chi connectivity index (χ3n) is 8.08. The minimum atomic E-state index is -0.141. The summed E-state index contributed by atoms with van der Waals surface area (Å²) in [5.74, 6) is 0.612. The van der Waals surface area contributed by atoms with E-state index in [1.807, 2.05) is 0 Å². The molecule has 1 spiro atoms. The monoisotopic (exact) mass is 470 g/mol. The zero-order valence-corrected chi connectivity index (χ0v) is 19.6. The third kappa shape index (κ3) is 2.88. The molecule has 4 heterocycles. The van der Waals surface area contributed by atoms with Gasteiger partial charge in [-0.1, -0.05) is 30.3 Å². The van der Waals surface area contributed by atoms with Crippen molar-refractivity contribution >= 4 is 33.9 Å². The Kier molecular flexibility index (Phi) is 4.38. The Morgan fingerprint density at radius 3 is 2.88 bits per heavy atom. The number of anilines is 1. The van der Waals surface area contributed by atoms with Gasteiger partial charge in [-0.05, 0) is 65.7 Å². The Balaban J connectivity index is 1.17. The number of aryl methyl sites for hydroxylation is 1. The van der Waals surface area contributed by atoms with Crippen LogP contribution in [-0.4, -0.2) is 33.3 Å². The molecule has 0 bridgehead atoms. The molecule has 0 radical (unpaired) electrons. The number of hydrogen-bond acceptors (Lipinski definition) is 6. The first kappa shape index (κ1) is 20.2. The van der Waals surface area contributed by atoms with Gasteiger partial charge in [-0.2, -0.15) is 10.1 Å². The number of fused-ring (bicyclic) bond motifs is 3. The second-order valence-corrected chi connectivity index (χ2v) is 10.8. The molecule has 0 unspecified atom stereocenters. The first-order valence-electron chi connectivity index (χ1n) is 12.0. The molecule has 3 aliphatic rings. The molecule has 1 aromatic carbocycles. The summed E-state index contributed by atoms with van der Waals surface area (Å²) in [5, 5.41) is 10.2. The van der Waals surface area contributed by atoms with E-state index in [2.05, 4.69) is 61.9 Å². The average molecular weight is 471 g/mol. The highest BCUT2D eigenvalue weighted by Crippen LogP contribution is 2.50. The molecule has 8 heteroatoms. The first-order chi connectivity index (χ1) is 16.6. The topological polar surface area (TPSA) is 104 Å². The molecule has 3 aromatic heterocycles. The van der Waals surface area contributed by atoms with Gasteiger partial charge in [-0.3, -0.25) is 14.9 Å². The van der Waals surface area contributed by atoms with E-state index in [4.69, 9.17) is 10.7 Å². The fraction of sp³-hybridized carbons (Fsp3) is 0.346. The fourth-order valence-corrected chi connectivity index (χ4v) is 7.11. The second-order valence-electron chi connectivity index (χ2n) is 9.80. The highest BCUT2D eigenvalue weighted by Gasteiger charge is 2.46. The van der Waals surface area contributed by atoms with Crippen LogP contribution in [-0.2, 0) is 12.8 Å². The van der Waals surface area contributed by atoms with Crippen LogP contribution in [0.15, 0.2) is 46.6 Å². The molecular weight excluding hydrogens is 444 g/mol. The van der Waals surface area contributed by atoms with Crippen molar-refractivity contribution in [2.24, 2.45) is 11.1 Å². The maximum Gasteiger partial charge on any atom is 0.264 e. The molecule has 0 amide bonds. The largest absolute Gasteiger partial charge is 0.342 e. The summed E-state index contributed by atoms with van der Waals surface area (Å²) in [7, 11) is 0. The van der Waals surface area contributed by atoms with Crippen molar-refractivity contribution in [2.45, 2.75) is 38.1 Å². The van der Waals surface area contributed by atoms with E-state index < -0.39 is 0 Å². The van der Waals surface area contributed by atoms with Gasteiger partial charge < -0.3 is 10.6 Å². The maximum absolute atomic E-state index is 13.2. The summed E-state index contributed by atoms with van der Waals surface area (Å²) in [6, 6.07) is 10.8. The van der Waals surface area contributed by atoms with Crippen molar-refractivity contribution in [3.63, 3.8) is 0 Å². The summed E-state index contributed by atoms with van der Waals surface area (Å²) in [4.78, 5) is 24.6. The van der Waals surface area contributed by atoms with Crippen LogP contribution in [0.1, 0.15) is 52.6 Å². The summed E-state index contributed by atoms with van der Waals surface area (Å²) < 4.78 is 0. The standard InChI is InChI=1S/C26H26N6OS/c27-22-16-5-2-1-4-15(16)14-26(22)9-11-32(12-10-26)25-28-23-20(24(33)29-25)21(30-31-23)18-6-3-7-19-17(18)8-13-34-19/h1-2,4-6,8,13,22H,3,7,9-12,14,27H2,(H2,28,29,30,31,33)/t22-/m1/s1. The number of nitrogens with two attached hydrogens (primary N) is 1. The highest BCUT2D eigenvalue weighted by molar-refractivity contribution is 7.10. The number of hydrogen-bond donors (Lipinski definition) is 3. The third-order valence-corrected chi connectivity index (χ3v) is 9.06. The molecular formula is C26H26N6OS. The number of nitrogens with one attached hydrogen (secondary N) is 2. The van der Waals surface area contributed by atoms with Gasteiger partial charge in [0.2, 0.25) is 5.95 Å². The summed E-state index contributed by atoms with van der Waals surface area (Å²) in [5.41, 5.74) is 12.8. The predicted octanol–water partition coefficient (Wildman–Crippen LogP) is 3.93. The zero-order chi connectivity index (χ0) is 22.9. The minimum absolute atomic E-state index is 0.0706. The second kappa shape index (κ2) is 7.38. The smallest absolute Gasteiger partial charge is 0.264 e. The van der Waals surface area contributed by atoms with Crippen LogP contribution in [0.5, 0.6) is 0 Å². The lowest BCUT2D eigenvalue weighted by molar-refractivity contribution is 0.187. The van der Waals surface area contributed by atoms with Gasteiger partial charge in [0.15, 0.2) is 5.65 Å². The van der Waals surface area contributed by atoms with Crippen LogP contribution >= 0.6 is 11.3 Å². The van der Waals surface area contributed by atoms with Crippen molar-refractivity contribution in [1.82, 2.24) is 20.2 Å². The predicted molar refractivity (Wildman–Crippen MR) is 135 cm³/mol. The molecule has 7 rings (SSSR count). The number of H-pyrrole nitrogens is 2. The quantitative estimate of drug-likeness (QED) is 0.412. The SMILES string of the molecule is N[C@@H]1c2ccccc2CC12CCN(c1nc3[nH]nc(C4=CCCc5sccc54)c3c(=O)[nH]1)CC2. The summed E-state index contributed by atoms with van der Waals surface area (Å²) >= 11 is 1.77. The van der Waals surface area contributed by atoms with Crippen molar-refractivity contribution in [3.05, 3.63) is 79.4 Å². The Bertz CT molecular complexity index is 1500. The molecule has 1 saturated heterocycles. The van der Waals surface area contributed by atoms with E-state index in [1.54, 1.807) is 11.3 Å². The Morgan fingerprint density at radius 2 is 2.03 bits per heavy atom. The molecule has 4 aromatic rings. The van der Waals surface area contributed by atoms with Gasteiger partial charge in [-0.15, -0.1) is 11.3 Å². The number of allylic oxidation sites excluding steroid dienone is 1. The van der Waals surface area contributed by atoms with Gasteiger partial charge in [0, 0.05) is 29.6 Å². The number of nitrogens with zero attached hydrogens (tertiary/aromatic N) is 3. The normalized spacial score (nSPS) is 21.0. The van der Waals surface area contributed by atoms with Crippen LogP contribution in [0.3, 0.4) is 0 Å². The molecule has 2 aliphatic carbocycles. The van der Waals surface area contributed by atoms with Crippen LogP contribution < -0.4 is 16.2 Å².